The zero-order valence-electron chi connectivity index (χ0n) is 6.45. The molecular weight excluding hydrogens is 143 g/mol. The maximum absolute atomic E-state index is 9.49. The Morgan fingerprint density at radius 2 is 1.22 bits per heavy atom. The molecule has 0 bridgehead atoms. The molecule has 0 heterocycles. The smallest absolute Gasteiger partial charge is 0.187 e. The second kappa shape index (κ2) is 3.20. The van der Waals surface area contributed by atoms with Crippen molar-refractivity contribution in [1.29, 1.82) is 0 Å². The average Bonchev–Trinajstić information content (AvgIpc) is 1.25. The van der Waals surface area contributed by atoms with Crippen molar-refractivity contribution in [1.82, 2.24) is 0 Å². The summed E-state index contributed by atoms with van der Waals surface area (Å²) in [6.45, 7) is 10.2. The first kappa shape index (κ1) is 12.4. The van der Waals surface area contributed by atoms with Gasteiger partial charge in [-0.15, -0.1) is 0 Å². The summed E-state index contributed by atoms with van der Waals surface area (Å²) in [5, 5.41) is 0.132. The van der Waals surface area contributed by atoms with Crippen LogP contribution in [0, 0.1) is 0 Å². The van der Waals surface area contributed by atoms with Gasteiger partial charge in [0.25, 0.3) is 0 Å². The molecule has 56 valence electrons. The lowest BCUT2D eigenvalue weighted by Crippen LogP contribution is -2.36. The van der Waals surface area contributed by atoms with Crippen molar-refractivity contribution in [3.05, 3.63) is 0 Å². The van der Waals surface area contributed by atoms with E-state index < -0.39 is 8.32 Å². The van der Waals surface area contributed by atoms with Gasteiger partial charge in [0.2, 0.25) is 0 Å². The van der Waals surface area contributed by atoms with Crippen LogP contribution in [0.4, 0.5) is 0 Å². The van der Waals surface area contributed by atoms with E-state index in [1.54, 1.807) is 0 Å². The lowest BCUT2D eigenvalue weighted by atomic mass is 10.2. The molecule has 0 fully saturated rings. The van der Waals surface area contributed by atoms with Crippen molar-refractivity contribution in [2.45, 2.75) is 38.9 Å². The molecule has 0 aromatic carbocycles. The molecule has 0 radical (unpaired) electrons. The standard InChI is InChI=1S/C6H16OSi.Al.3H/c1-6(2,3)8(4,5)7;;;;/h7H,1-5H3;;;;. The van der Waals surface area contributed by atoms with E-state index in [4.69, 9.17) is 0 Å². The van der Waals surface area contributed by atoms with Gasteiger partial charge < -0.3 is 4.80 Å². The van der Waals surface area contributed by atoms with Crippen LogP contribution in [-0.2, 0) is 0 Å². The fourth-order valence-electron chi connectivity index (χ4n) is 0. The van der Waals surface area contributed by atoms with Crippen LogP contribution in [0.5, 0.6) is 0 Å². The van der Waals surface area contributed by atoms with E-state index in [1.807, 2.05) is 13.1 Å². The van der Waals surface area contributed by atoms with Crippen LogP contribution in [0.1, 0.15) is 20.8 Å². The molecule has 0 aliphatic carbocycles. The van der Waals surface area contributed by atoms with Crippen molar-refractivity contribution in [2.24, 2.45) is 0 Å². The molecule has 1 N–H and O–H groups in total. The zero-order valence-corrected chi connectivity index (χ0v) is 7.45. The van der Waals surface area contributed by atoms with Crippen LogP contribution in [0.25, 0.3) is 0 Å². The summed E-state index contributed by atoms with van der Waals surface area (Å²) in [7, 11) is -1.86. The van der Waals surface area contributed by atoms with E-state index in [9.17, 15) is 4.80 Å². The van der Waals surface area contributed by atoms with Crippen LogP contribution in [-0.4, -0.2) is 30.5 Å². The molecule has 0 aliphatic rings. The van der Waals surface area contributed by atoms with Crippen LogP contribution in [0.2, 0.25) is 18.1 Å². The van der Waals surface area contributed by atoms with E-state index >= 15 is 0 Å². The van der Waals surface area contributed by atoms with Gasteiger partial charge in [0.05, 0.1) is 0 Å². The fourth-order valence-corrected chi connectivity index (χ4v) is 0. The predicted molar refractivity (Wildman–Crippen MR) is 49.4 cm³/mol. The summed E-state index contributed by atoms with van der Waals surface area (Å²) in [6, 6.07) is 0. The Labute approximate surface area is 69.7 Å². The molecule has 0 rings (SSSR count). The minimum atomic E-state index is -1.86. The van der Waals surface area contributed by atoms with E-state index in [2.05, 4.69) is 20.8 Å². The van der Waals surface area contributed by atoms with Crippen LogP contribution in [0.3, 0.4) is 0 Å². The number of hydrogen-bond acceptors (Lipinski definition) is 1. The van der Waals surface area contributed by atoms with E-state index in [1.165, 1.54) is 0 Å². The largest absolute Gasteiger partial charge is 0.432 e. The summed E-state index contributed by atoms with van der Waals surface area (Å²) in [5.74, 6) is 0. The first-order valence-corrected chi connectivity index (χ1v) is 5.92. The second-order valence-corrected chi connectivity index (χ2v) is 8.43. The fraction of sp³-hybridized carbons (Fsp3) is 1.00. The number of rotatable bonds is 0. The van der Waals surface area contributed by atoms with Crippen molar-refractivity contribution in [3.63, 3.8) is 0 Å². The minimum absolute atomic E-state index is 0. The third-order valence-electron chi connectivity index (χ3n) is 1.84. The first-order valence-electron chi connectivity index (χ1n) is 2.97. The van der Waals surface area contributed by atoms with Gasteiger partial charge >= 0.3 is 0 Å². The monoisotopic (exact) mass is 162 g/mol. The molecule has 9 heavy (non-hydrogen) atoms. The Morgan fingerprint density at radius 3 is 1.22 bits per heavy atom. The molecule has 0 unspecified atom stereocenters. The normalized spacial score (nSPS) is 12.7. The maximum Gasteiger partial charge on any atom is 0.187 e. The number of hydrogen-bond donors (Lipinski definition) is 1. The molecule has 1 nitrogen and oxygen atoms in total. The molecule has 0 saturated heterocycles. The lowest BCUT2D eigenvalue weighted by Gasteiger charge is -2.30. The summed E-state index contributed by atoms with van der Waals surface area (Å²) in [4.78, 5) is 9.49. The van der Waals surface area contributed by atoms with Crippen LogP contribution >= 0.6 is 0 Å². The van der Waals surface area contributed by atoms with E-state index in [0.29, 0.717) is 0 Å². The predicted octanol–water partition coefficient (Wildman–Crippen LogP) is 0.800. The topological polar surface area (TPSA) is 20.2 Å². The molecule has 0 saturated carbocycles. The van der Waals surface area contributed by atoms with Gasteiger partial charge in [0.1, 0.15) is 0 Å². The van der Waals surface area contributed by atoms with Crippen molar-refractivity contribution in [3.8, 4) is 0 Å². The molecule has 3 heteroatoms. The van der Waals surface area contributed by atoms with Crippen molar-refractivity contribution in [2.75, 3.05) is 0 Å². The molecule has 0 atom stereocenters. The third-order valence-corrected chi connectivity index (χ3v) is 5.51. The highest BCUT2D eigenvalue weighted by atomic mass is 28.4. The van der Waals surface area contributed by atoms with Crippen molar-refractivity contribution < 1.29 is 4.80 Å². The molecular formula is C6H19AlOSi. The Hall–Kier alpha value is 0.709. The summed E-state index contributed by atoms with van der Waals surface area (Å²) in [5.41, 5.74) is 0. The van der Waals surface area contributed by atoms with E-state index in [0.717, 1.165) is 0 Å². The summed E-state index contributed by atoms with van der Waals surface area (Å²) in [6.07, 6.45) is 0. The van der Waals surface area contributed by atoms with Gasteiger partial charge in [-0.25, -0.2) is 0 Å². The van der Waals surface area contributed by atoms with Gasteiger partial charge in [-0.3, -0.25) is 0 Å². The molecule has 0 amide bonds. The summed E-state index contributed by atoms with van der Waals surface area (Å²) >= 11 is 0. The third kappa shape index (κ3) is 4.16. The first-order chi connectivity index (χ1) is 3.25. The van der Waals surface area contributed by atoms with Gasteiger partial charge in [0.15, 0.2) is 25.7 Å². The van der Waals surface area contributed by atoms with Crippen LogP contribution in [0.15, 0.2) is 0 Å². The SMILES string of the molecule is CC(C)(C)[Si](C)(C)O.[AlH3]. The zero-order chi connectivity index (χ0) is 7.00. The van der Waals surface area contributed by atoms with Crippen LogP contribution < -0.4 is 0 Å². The lowest BCUT2D eigenvalue weighted by molar-refractivity contribution is 0.487. The Bertz CT molecular complexity index is 68.0. The molecule has 0 aromatic rings. The minimum Gasteiger partial charge on any atom is -0.432 e. The van der Waals surface area contributed by atoms with Gasteiger partial charge in [0, 0.05) is 0 Å². The van der Waals surface area contributed by atoms with Gasteiger partial charge in [-0.05, 0) is 18.1 Å². The highest BCUT2D eigenvalue weighted by Crippen LogP contribution is 2.33. The molecule has 0 aromatic heterocycles. The summed E-state index contributed by atoms with van der Waals surface area (Å²) < 4.78 is 0. The second-order valence-electron chi connectivity index (χ2n) is 3.81. The van der Waals surface area contributed by atoms with E-state index in [-0.39, 0.29) is 22.4 Å². The van der Waals surface area contributed by atoms with Gasteiger partial charge in [-0.2, -0.15) is 0 Å². The van der Waals surface area contributed by atoms with Crippen molar-refractivity contribution >= 4 is 25.7 Å². The molecule has 0 aliphatic heterocycles. The quantitative estimate of drug-likeness (QED) is 0.522. The van der Waals surface area contributed by atoms with Gasteiger partial charge in [-0.1, -0.05) is 20.8 Å². The highest BCUT2D eigenvalue weighted by molar-refractivity contribution is 6.72. The Balaban J connectivity index is 0. The maximum atomic E-state index is 9.49. The highest BCUT2D eigenvalue weighted by Gasteiger charge is 2.32. The average molecular weight is 162 g/mol. The Morgan fingerprint density at radius 1 is 1.11 bits per heavy atom. The Kier molecular flexibility index (Phi) is 4.41. The molecule has 0 spiro atoms.